The summed E-state index contributed by atoms with van der Waals surface area (Å²) < 4.78 is 2.02. The van der Waals surface area contributed by atoms with Crippen LogP contribution in [0.5, 0.6) is 0 Å². The van der Waals surface area contributed by atoms with E-state index < -0.39 is 0 Å². The molecule has 1 aliphatic rings. The van der Waals surface area contributed by atoms with Gasteiger partial charge in [-0.05, 0) is 32.4 Å². The zero-order valence-corrected chi connectivity index (χ0v) is 8.89. The van der Waals surface area contributed by atoms with E-state index in [0.717, 1.165) is 19.1 Å². The Bertz CT molecular complexity index is 256. The maximum Gasteiger partial charge on any atom is 0.0536 e. The molecule has 3 nitrogen and oxygen atoms in total. The maximum absolute atomic E-state index is 4.22. The van der Waals surface area contributed by atoms with Crippen molar-refractivity contribution >= 4 is 0 Å². The van der Waals surface area contributed by atoms with E-state index in [4.69, 9.17) is 0 Å². The molecule has 0 aromatic carbocycles. The molecule has 0 N–H and O–H groups in total. The standard InChI is InChI=1S/C11H19N3/c1-11-5-2-3-7-13(11)9-10-14-8-4-6-12-14/h4,6,8,11H,2-3,5,7,9-10H2,1H3. The molecule has 2 rings (SSSR count). The Morgan fingerprint density at radius 1 is 1.36 bits per heavy atom. The minimum Gasteiger partial charge on any atom is -0.299 e. The first-order valence-electron chi connectivity index (χ1n) is 5.58. The Hall–Kier alpha value is -0.830. The molecule has 1 atom stereocenters. The lowest BCUT2D eigenvalue weighted by atomic mass is 10.0. The molecule has 2 heterocycles. The number of rotatable bonds is 3. The van der Waals surface area contributed by atoms with Gasteiger partial charge in [-0.15, -0.1) is 0 Å². The molecular formula is C11H19N3. The zero-order valence-electron chi connectivity index (χ0n) is 8.89. The summed E-state index contributed by atoms with van der Waals surface area (Å²) in [4.78, 5) is 2.57. The third-order valence-corrected chi connectivity index (χ3v) is 3.12. The molecule has 1 aromatic rings. The van der Waals surface area contributed by atoms with Crippen molar-refractivity contribution in [2.45, 2.75) is 38.8 Å². The fraction of sp³-hybridized carbons (Fsp3) is 0.727. The lowest BCUT2D eigenvalue weighted by Gasteiger charge is -2.33. The molecule has 1 aromatic heterocycles. The number of likely N-dealkylation sites (tertiary alicyclic amines) is 1. The van der Waals surface area contributed by atoms with E-state index in [2.05, 4.69) is 16.9 Å². The van der Waals surface area contributed by atoms with Crippen molar-refractivity contribution in [1.29, 1.82) is 0 Å². The first-order chi connectivity index (χ1) is 6.86. The highest BCUT2D eigenvalue weighted by Crippen LogP contribution is 2.15. The fourth-order valence-corrected chi connectivity index (χ4v) is 2.15. The smallest absolute Gasteiger partial charge is 0.0536 e. The Morgan fingerprint density at radius 3 is 3.00 bits per heavy atom. The molecule has 14 heavy (non-hydrogen) atoms. The van der Waals surface area contributed by atoms with Gasteiger partial charge in [-0.1, -0.05) is 6.42 Å². The van der Waals surface area contributed by atoms with Gasteiger partial charge < -0.3 is 0 Å². The predicted molar refractivity (Wildman–Crippen MR) is 57.1 cm³/mol. The molecule has 0 spiro atoms. The number of nitrogens with zero attached hydrogens (tertiary/aromatic N) is 3. The van der Waals surface area contributed by atoms with E-state index in [1.54, 1.807) is 0 Å². The van der Waals surface area contributed by atoms with E-state index in [9.17, 15) is 0 Å². The normalized spacial score (nSPS) is 23.9. The lowest BCUT2D eigenvalue weighted by Crippen LogP contribution is -2.39. The molecule has 0 aliphatic carbocycles. The van der Waals surface area contributed by atoms with Crippen molar-refractivity contribution in [2.75, 3.05) is 13.1 Å². The van der Waals surface area contributed by atoms with Crippen LogP contribution in [0.25, 0.3) is 0 Å². The second-order valence-electron chi connectivity index (χ2n) is 4.15. The molecule has 0 amide bonds. The van der Waals surface area contributed by atoms with Crippen molar-refractivity contribution in [3.63, 3.8) is 0 Å². The van der Waals surface area contributed by atoms with Gasteiger partial charge in [-0.3, -0.25) is 9.58 Å². The minimum absolute atomic E-state index is 0.763. The maximum atomic E-state index is 4.22. The van der Waals surface area contributed by atoms with Crippen LogP contribution in [0.1, 0.15) is 26.2 Å². The Kier molecular flexibility index (Phi) is 3.19. The van der Waals surface area contributed by atoms with Crippen molar-refractivity contribution in [3.05, 3.63) is 18.5 Å². The van der Waals surface area contributed by atoms with Gasteiger partial charge in [0.05, 0.1) is 6.54 Å². The molecule has 0 bridgehead atoms. The molecule has 0 saturated carbocycles. The van der Waals surface area contributed by atoms with Gasteiger partial charge in [-0.25, -0.2) is 0 Å². The zero-order chi connectivity index (χ0) is 9.80. The Morgan fingerprint density at radius 2 is 2.29 bits per heavy atom. The summed E-state index contributed by atoms with van der Waals surface area (Å²) in [6.45, 7) is 5.77. The lowest BCUT2D eigenvalue weighted by molar-refractivity contribution is 0.153. The molecule has 78 valence electrons. The van der Waals surface area contributed by atoms with Crippen LogP contribution in [-0.2, 0) is 6.54 Å². The molecule has 1 fully saturated rings. The van der Waals surface area contributed by atoms with Crippen LogP contribution in [0.2, 0.25) is 0 Å². The van der Waals surface area contributed by atoms with Gasteiger partial charge in [-0.2, -0.15) is 5.10 Å². The van der Waals surface area contributed by atoms with Crippen LogP contribution in [0.15, 0.2) is 18.5 Å². The van der Waals surface area contributed by atoms with Gasteiger partial charge in [0.2, 0.25) is 0 Å². The average molecular weight is 193 g/mol. The Labute approximate surface area is 85.7 Å². The predicted octanol–water partition coefficient (Wildman–Crippen LogP) is 1.76. The SMILES string of the molecule is CC1CCCCN1CCn1cccn1. The summed E-state index contributed by atoms with van der Waals surface area (Å²) in [5.74, 6) is 0. The summed E-state index contributed by atoms with van der Waals surface area (Å²) >= 11 is 0. The van der Waals surface area contributed by atoms with Gasteiger partial charge >= 0.3 is 0 Å². The second kappa shape index (κ2) is 4.60. The molecule has 0 radical (unpaired) electrons. The molecule has 1 aliphatic heterocycles. The quantitative estimate of drug-likeness (QED) is 0.729. The number of aromatic nitrogens is 2. The van der Waals surface area contributed by atoms with Gasteiger partial charge in [0.25, 0.3) is 0 Å². The summed E-state index contributed by atoms with van der Waals surface area (Å²) in [5.41, 5.74) is 0. The Balaban J connectivity index is 1.79. The first-order valence-corrected chi connectivity index (χ1v) is 5.58. The summed E-state index contributed by atoms with van der Waals surface area (Å²) in [6.07, 6.45) is 8.01. The molecular weight excluding hydrogens is 174 g/mol. The van der Waals surface area contributed by atoms with Gasteiger partial charge in [0, 0.05) is 25.0 Å². The van der Waals surface area contributed by atoms with E-state index in [1.807, 2.05) is 23.1 Å². The topological polar surface area (TPSA) is 21.1 Å². The van der Waals surface area contributed by atoms with Crippen LogP contribution < -0.4 is 0 Å². The highest BCUT2D eigenvalue weighted by Gasteiger charge is 2.17. The average Bonchev–Trinajstić information content (AvgIpc) is 2.69. The monoisotopic (exact) mass is 193 g/mol. The van der Waals surface area contributed by atoms with Gasteiger partial charge in [0.1, 0.15) is 0 Å². The van der Waals surface area contributed by atoms with Gasteiger partial charge in [0.15, 0.2) is 0 Å². The first kappa shape index (κ1) is 9.71. The van der Waals surface area contributed by atoms with Crippen LogP contribution >= 0.6 is 0 Å². The van der Waals surface area contributed by atoms with Crippen LogP contribution in [-0.4, -0.2) is 33.8 Å². The highest BCUT2D eigenvalue weighted by atomic mass is 15.3. The highest BCUT2D eigenvalue weighted by molar-refractivity contribution is 4.79. The van der Waals surface area contributed by atoms with Crippen LogP contribution in [0.4, 0.5) is 0 Å². The summed E-state index contributed by atoms with van der Waals surface area (Å²) in [6, 6.07) is 2.75. The number of hydrogen-bond acceptors (Lipinski definition) is 2. The van der Waals surface area contributed by atoms with E-state index >= 15 is 0 Å². The third-order valence-electron chi connectivity index (χ3n) is 3.12. The van der Waals surface area contributed by atoms with E-state index in [-0.39, 0.29) is 0 Å². The van der Waals surface area contributed by atoms with Crippen molar-refractivity contribution < 1.29 is 0 Å². The van der Waals surface area contributed by atoms with Crippen molar-refractivity contribution in [2.24, 2.45) is 0 Å². The van der Waals surface area contributed by atoms with Crippen molar-refractivity contribution in [1.82, 2.24) is 14.7 Å². The number of hydrogen-bond donors (Lipinski definition) is 0. The van der Waals surface area contributed by atoms with Crippen LogP contribution in [0, 0.1) is 0 Å². The summed E-state index contributed by atoms with van der Waals surface area (Å²) in [5, 5.41) is 4.22. The third kappa shape index (κ3) is 2.35. The summed E-state index contributed by atoms with van der Waals surface area (Å²) in [7, 11) is 0. The molecule has 3 heteroatoms. The molecule has 1 saturated heterocycles. The second-order valence-corrected chi connectivity index (χ2v) is 4.15. The van der Waals surface area contributed by atoms with Crippen LogP contribution in [0.3, 0.4) is 0 Å². The van der Waals surface area contributed by atoms with E-state index in [0.29, 0.717) is 0 Å². The largest absolute Gasteiger partial charge is 0.299 e. The number of piperidine rings is 1. The fourth-order valence-electron chi connectivity index (χ4n) is 2.15. The molecule has 1 unspecified atom stereocenters. The van der Waals surface area contributed by atoms with Crippen molar-refractivity contribution in [3.8, 4) is 0 Å². The van der Waals surface area contributed by atoms with E-state index in [1.165, 1.54) is 25.8 Å². The minimum atomic E-state index is 0.763.